The smallest absolute Gasteiger partial charge is 0.255 e. The van der Waals surface area contributed by atoms with Gasteiger partial charge in [-0.3, -0.25) is 9.69 Å². The lowest BCUT2D eigenvalue weighted by Gasteiger charge is -2.27. The minimum atomic E-state index is -3.77. The molecule has 2 aromatic carbocycles. The molecular formula is C25H33N3O4S2. The number of morpholine rings is 1. The van der Waals surface area contributed by atoms with E-state index in [4.69, 9.17) is 4.74 Å². The van der Waals surface area contributed by atoms with Gasteiger partial charge in [0.05, 0.1) is 23.7 Å². The summed E-state index contributed by atoms with van der Waals surface area (Å²) in [6.45, 7) is 5.77. The molecule has 2 saturated heterocycles. The number of hydrogen-bond donors (Lipinski definition) is 1. The summed E-state index contributed by atoms with van der Waals surface area (Å²) in [6.07, 6.45) is 5.01. The standard InChI is InChI=1S/C25H33N3O4S2/c1-33-24-9-8-22(17-23(24)25(29)28-10-3-2-4-11-28)34(30,31)26-18-20-6-5-7-21(16-20)19-27-12-14-32-15-13-27/h5-9,16-17,26H,2-4,10-15,18-19H2,1H3. The van der Waals surface area contributed by atoms with Crippen LogP contribution >= 0.6 is 11.8 Å². The van der Waals surface area contributed by atoms with Gasteiger partial charge in [-0.1, -0.05) is 24.3 Å². The average Bonchev–Trinajstić information content (AvgIpc) is 2.88. The zero-order valence-corrected chi connectivity index (χ0v) is 21.3. The molecule has 0 unspecified atom stereocenters. The molecule has 0 spiro atoms. The van der Waals surface area contributed by atoms with E-state index < -0.39 is 10.0 Å². The van der Waals surface area contributed by atoms with Gasteiger partial charge in [-0.05, 0) is 54.8 Å². The molecule has 9 heteroatoms. The lowest BCUT2D eigenvalue weighted by atomic mass is 10.1. The molecule has 34 heavy (non-hydrogen) atoms. The summed E-state index contributed by atoms with van der Waals surface area (Å²) < 4.78 is 34.3. The molecule has 0 radical (unpaired) electrons. The number of nitrogens with one attached hydrogen (secondary N) is 1. The second kappa shape index (κ2) is 11.7. The molecule has 4 rings (SSSR count). The highest BCUT2D eigenvalue weighted by molar-refractivity contribution is 7.98. The van der Waals surface area contributed by atoms with Gasteiger partial charge in [-0.2, -0.15) is 0 Å². The van der Waals surface area contributed by atoms with E-state index in [1.54, 1.807) is 12.1 Å². The molecule has 2 fully saturated rings. The van der Waals surface area contributed by atoms with Crippen LogP contribution in [0.5, 0.6) is 0 Å². The van der Waals surface area contributed by atoms with Crippen LogP contribution in [0.2, 0.25) is 0 Å². The topological polar surface area (TPSA) is 79.0 Å². The van der Waals surface area contributed by atoms with Crippen LogP contribution in [-0.4, -0.2) is 69.8 Å². The lowest BCUT2D eigenvalue weighted by molar-refractivity contribution is 0.0342. The maximum absolute atomic E-state index is 13.1. The van der Waals surface area contributed by atoms with Crippen LogP contribution in [0.25, 0.3) is 0 Å². The normalized spacial score (nSPS) is 17.6. The molecule has 1 amide bonds. The molecule has 0 aliphatic carbocycles. The third kappa shape index (κ3) is 6.40. The van der Waals surface area contributed by atoms with Crippen LogP contribution in [0.4, 0.5) is 0 Å². The van der Waals surface area contributed by atoms with E-state index in [1.807, 2.05) is 29.4 Å². The fourth-order valence-corrected chi connectivity index (χ4v) is 6.02. The van der Waals surface area contributed by atoms with Crippen molar-refractivity contribution in [1.82, 2.24) is 14.5 Å². The Balaban J connectivity index is 1.46. The molecule has 2 aliphatic heterocycles. The van der Waals surface area contributed by atoms with E-state index in [9.17, 15) is 13.2 Å². The van der Waals surface area contributed by atoms with Crippen molar-refractivity contribution >= 4 is 27.7 Å². The summed E-state index contributed by atoms with van der Waals surface area (Å²) in [5, 5.41) is 0. The average molecular weight is 504 g/mol. The Bertz CT molecular complexity index is 1100. The number of carbonyl (C=O) groups excluding carboxylic acids is 1. The fourth-order valence-electron chi connectivity index (χ4n) is 4.41. The van der Waals surface area contributed by atoms with E-state index in [0.29, 0.717) is 5.56 Å². The molecule has 0 atom stereocenters. The first-order valence-electron chi connectivity index (χ1n) is 11.8. The van der Waals surface area contributed by atoms with Crippen LogP contribution in [0.1, 0.15) is 40.7 Å². The Hall–Kier alpha value is -1.91. The number of benzene rings is 2. The van der Waals surface area contributed by atoms with Crippen molar-refractivity contribution in [1.29, 1.82) is 0 Å². The zero-order chi connectivity index (χ0) is 24.0. The van der Waals surface area contributed by atoms with Gasteiger partial charge in [0, 0.05) is 44.2 Å². The maximum atomic E-state index is 13.1. The number of piperidine rings is 1. The Morgan fingerprint density at radius 1 is 1.00 bits per heavy atom. The quantitative estimate of drug-likeness (QED) is 0.557. The Morgan fingerprint density at radius 2 is 1.74 bits per heavy atom. The lowest BCUT2D eigenvalue weighted by Crippen LogP contribution is -2.36. The van der Waals surface area contributed by atoms with Gasteiger partial charge in [-0.25, -0.2) is 13.1 Å². The van der Waals surface area contributed by atoms with Crippen molar-refractivity contribution in [3.63, 3.8) is 0 Å². The molecule has 0 bridgehead atoms. The van der Waals surface area contributed by atoms with Crippen molar-refractivity contribution in [3.8, 4) is 0 Å². The molecule has 2 aromatic rings. The summed E-state index contributed by atoms with van der Waals surface area (Å²) in [4.78, 5) is 18.2. The summed E-state index contributed by atoms with van der Waals surface area (Å²) in [5.41, 5.74) is 2.52. The number of sulfonamides is 1. The predicted molar refractivity (Wildman–Crippen MR) is 135 cm³/mol. The molecule has 2 heterocycles. The Kier molecular flexibility index (Phi) is 8.65. The van der Waals surface area contributed by atoms with Gasteiger partial charge in [0.2, 0.25) is 10.0 Å². The minimum Gasteiger partial charge on any atom is -0.379 e. The van der Waals surface area contributed by atoms with Gasteiger partial charge >= 0.3 is 0 Å². The minimum absolute atomic E-state index is 0.0862. The second-order valence-corrected chi connectivity index (χ2v) is 11.4. The maximum Gasteiger partial charge on any atom is 0.255 e. The van der Waals surface area contributed by atoms with E-state index in [2.05, 4.69) is 15.7 Å². The van der Waals surface area contributed by atoms with Crippen molar-refractivity contribution in [2.24, 2.45) is 0 Å². The summed E-state index contributed by atoms with van der Waals surface area (Å²) in [5.74, 6) is -0.0862. The van der Waals surface area contributed by atoms with Gasteiger partial charge < -0.3 is 9.64 Å². The first kappa shape index (κ1) is 25.2. The molecule has 1 N–H and O–H groups in total. The Morgan fingerprint density at radius 3 is 2.47 bits per heavy atom. The zero-order valence-electron chi connectivity index (χ0n) is 19.7. The number of rotatable bonds is 8. The number of thioether (sulfide) groups is 1. The predicted octanol–water partition coefficient (Wildman–Crippen LogP) is 3.35. The number of carbonyl (C=O) groups is 1. The first-order valence-corrected chi connectivity index (χ1v) is 14.5. The molecule has 0 aromatic heterocycles. The van der Waals surface area contributed by atoms with Gasteiger partial charge in [0.1, 0.15) is 0 Å². The Labute approximate surface area is 206 Å². The molecule has 184 valence electrons. The fraction of sp³-hybridized carbons (Fsp3) is 0.480. The van der Waals surface area contributed by atoms with Crippen LogP contribution in [0.3, 0.4) is 0 Å². The molecule has 2 aliphatic rings. The van der Waals surface area contributed by atoms with Gasteiger partial charge in [0.15, 0.2) is 0 Å². The number of hydrogen-bond acceptors (Lipinski definition) is 6. The number of ether oxygens (including phenoxy) is 1. The number of amides is 1. The van der Waals surface area contributed by atoms with E-state index in [-0.39, 0.29) is 17.3 Å². The van der Waals surface area contributed by atoms with Crippen molar-refractivity contribution in [3.05, 3.63) is 59.2 Å². The number of likely N-dealkylation sites (tertiary alicyclic amines) is 1. The van der Waals surface area contributed by atoms with Crippen LogP contribution < -0.4 is 4.72 Å². The third-order valence-corrected chi connectivity index (χ3v) is 8.52. The highest BCUT2D eigenvalue weighted by Gasteiger charge is 2.24. The summed E-state index contributed by atoms with van der Waals surface area (Å²) in [6, 6.07) is 12.8. The van der Waals surface area contributed by atoms with Crippen molar-refractivity contribution in [2.75, 3.05) is 45.6 Å². The van der Waals surface area contributed by atoms with Crippen molar-refractivity contribution in [2.45, 2.75) is 42.1 Å². The molecule has 7 nitrogen and oxygen atoms in total. The van der Waals surface area contributed by atoms with E-state index in [0.717, 1.165) is 81.2 Å². The summed E-state index contributed by atoms with van der Waals surface area (Å²) in [7, 11) is -3.77. The third-order valence-electron chi connectivity index (χ3n) is 6.32. The largest absolute Gasteiger partial charge is 0.379 e. The first-order chi connectivity index (χ1) is 16.5. The summed E-state index contributed by atoms with van der Waals surface area (Å²) >= 11 is 1.46. The van der Waals surface area contributed by atoms with Crippen LogP contribution in [0, 0.1) is 0 Å². The second-order valence-electron chi connectivity index (χ2n) is 8.75. The monoisotopic (exact) mass is 503 g/mol. The van der Waals surface area contributed by atoms with E-state index >= 15 is 0 Å². The van der Waals surface area contributed by atoms with E-state index in [1.165, 1.54) is 17.8 Å². The van der Waals surface area contributed by atoms with Gasteiger partial charge in [0.25, 0.3) is 5.91 Å². The SMILES string of the molecule is CSc1ccc(S(=O)(=O)NCc2cccc(CN3CCOCC3)c2)cc1C(=O)N1CCCCC1. The highest BCUT2D eigenvalue weighted by atomic mass is 32.2. The molecule has 0 saturated carbocycles. The van der Waals surface area contributed by atoms with Gasteiger partial charge in [-0.15, -0.1) is 11.8 Å². The van der Waals surface area contributed by atoms with Crippen LogP contribution in [0.15, 0.2) is 52.3 Å². The highest BCUT2D eigenvalue weighted by Crippen LogP contribution is 2.26. The number of nitrogens with zero attached hydrogens (tertiary/aromatic N) is 2. The van der Waals surface area contributed by atoms with Crippen LogP contribution in [-0.2, 0) is 27.8 Å². The molecular weight excluding hydrogens is 470 g/mol. The van der Waals surface area contributed by atoms with Crippen molar-refractivity contribution < 1.29 is 17.9 Å².